The van der Waals surface area contributed by atoms with Gasteiger partial charge >= 0.3 is 5.97 Å². The second-order valence-electron chi connectivity index (χ2n) is 7.44. The lowest BCUT2D eigenvalue weighted by Gasteiger charge is -2.11. The van der Waals surface area contributed by atoms with Crippen molar-refractivity contribution in [3.8, 4) is 6.07 Å². The normalized spacial score (nSPS) is 11.2. The Bertz CT molecular complexity index is 1390. The highest BCUT2D eigenvalue weighted by molar-refractivity contribution is 5.96. The van der Waals surface area contributed by atoms with Gasteiger partial charge in [-0.15, -0.1) is 0 Å². The van der Waals surface area contributed by atoms with Crippen LogP contribution in [0.2, 0.25) is 0 Å². The zero-order valence-electron chi connectivity index (χ0n) is 17.7. The summed E-state index contributed by atoms with van der Waals surface area (Å²) >= 11 is 0. The molecular weight excluding hydrogens is 410 g/mol. The van der Waals surface area contributed by atoms with Crippen molar-refractivity contribution in [3.63, 3.8) is 0 Å². The molecule has 0 atom stereocenters. The van der Waals surface area contributed by atoms with E-state index in [0.29, 0.717) is 22.0 Å². The maximum Gasteiger partial charge on any atom is 0.375 e. The van der Waals surface area contributed by atoms with Crippen molar-refractivity contribution < 1.29 is 18.7 Å². The smallest absolute Gasteiger partial charge is 0.375 e. The SMILES string of the molecule is CC(C)OCc1c(C(=O)OCc2nc3ccccc3c(=O)n2CC#N)oc2ccccc12. The highest BCUT2D eigenvalue weighted by Crippen LogP contribution is 2.28. The minimum atomic E-state index is -0.700. The molecule has 0 bridgehead atoms. The van der Waals surface area contributed by atoms with Gasteiger partial charge in [0.2, 0.25) is 5.76 Å². The molecule has 2 heterocycles. The van der Waals surface area contributed by atoms with Crippen molar-refractivity contribution in [1.29, 1.82) is 5.26 Å². The van der Waals surface area contributed by atoms with Crippen LogP contribution < -0.4 is 5.56 Å². The van der Waals surface area contributed by atoms with Crippen molar-refractivity contribution in [2.24, 2.45) is 0 Å². The number of carbonyl (C=O) groups excluding carboxylic acids is 1. The van der Waals surface area contributed by atoms with Crippen LogP contribution in [0.3, 0.4) is 0 Å². The number of hydrogen-bond acceptors (Lipinski definition) is 7. The van der Waals surface area contributed by atoms with Gasteiger partial charge in [-0.25, -0.2) is 9.78 Å². The predicted molar refractivity (Wildman–Crippen MR) is 117 cm³/mol. The molecule has 0 fully saturated rings. The lowest BCUT2D eigenvalue weighted by atomic mass is 10.1. The summed E-state index contributed by atoms with van der Waals surface area (Å²) in [4.78, 5) is 30.1. The number of fused-ring (bicyclic) bond motifs is 2. The number of para-hydroxylation sites is 2. The van der Waals surface area contributed by atoms with Gasteiger partial charge in [0.1, 0.15) is 18.7 Å². The predicted octanol–water partition coefficient (Wildman–Crippen LogP) is 3.95. The summed E-state index contributed by atoms with van der Waals surface area (Å²) in [6.07, 6.45) is -0.0326. The van der Waals surface area contributed by atoms with Gasteiger partial charge in [0, 0.05) is 10.9 Å². The second kappa shape index (κ2) is 9.04. The van der Waals surface area contributed by atoms with Crippen LogP contribution in [-0.4, -0.2) is 21.6 Å². The molecule has 0 radical (unpaired) electrons. The highest BCUT2D eigenvalue weighted by Gasteiger charge is 2.23. The van der Waals surface area contributed by atoms with E-state index in [0.717, 1.165) is 5.39 Å². The van der Waals surface area contributed by atoms with Gasteiger partial charge in [0.15, 0.2) is 5.82 Å². The van der Waals surface area contributed by atoms with E-state index in [4.69, 9.17) is 19.2 Å². The van der Waals surface area contributed by atoms with Crippen LogP contribution in [-0.2, 0) is 29.2 Å². The van der Waals surface area contributed by atoms with E-state index in [1.807, 2.05) is 38.1 Å². The molecule has 162 valence electrons. The van der Waals surface area contributed by atoms with Crippen LogP contribution in [0.5, 0.6) is 0 Å². The molecule has 0 saturated carbocycles. The van der Waals surface area contributed by atoms with Crippen molar-refractivity contribution >= 4 is 27.8 Å². The summed E-state index contributed by atoms with van der Waals surface area (Å²) in [6.45, 7) is 3.50. The van der Waals surface area contributed by atoms with Crippen molar-refractivity contribution in [2.45, 2.75) is 39.7 Å². The van der Waals surface area contributed by atoms with E-state index in [-0.39, 0.29) is 43.0 Å². The minimum Gasteiger partial charge on any atom is -0.452 e. The molecule has 8 heteroatoms. The van der Waals surface area contributed by atoms with Crippen LogP contribution in [0.1, 0.15) is 35.8 Å². The number of nitrogens with zero attached hydrogens (tertiary/aromatic N) is 3. The van der Waals surface area contributed by atoms with E-state index in [1.54, 1.807) is 30.3 Å². The first kappa shape index (κ1) is 21.3. The number of rotatable bonds is 7. The third-order valence-electron chi connectivity index (χ3n) is 4.95. The third kappa shape index (κ3) is 4.11. The largest absolute Gasteiger partial charge is 0.452 e. The minimum absolute atomic E-state index is 0.0326. The molecule has 4 aromatic rings. The van der Waals surface area contributed by atoms with Crippen LogP contribution in [0, 0.1) is 11.3 Å². The van der Waals surface area contributed by atoms with Gasteiger partial charge in [0.05, 0.1) is 29.7 Å². The van der Waals surface area contributed by atoms with E-state index in [9.17, 15) is 9.59 Å². The van der Waals surface area contributed by atoms with Gasteiger partial charge in [-0.2, -0.15) is 5.26 Å². The summed E-state index contributed by atoms with van der Waals surface area (Å²) in [5, 5.41) is 10.3. The van der Waals surface area contributed by atoms with Gasteiger partial charge in [-0.3, -0.25) is 9.36 Å². The number of hydrogen-bond donors (Lipinski definition) is 0. The van der Waals surface area contributed by atoms with Gasteiger partial charge in [-0.05, 0) is 32.0 Å². The average molecular weight is 431 g/mol. The first-order valence-electron chi connectivity index (χ1n) is 10.1. The molecule has 0 N–H and O–H groups in total. The summed E-state index contributed by atoms with van der Waals surface area (Å²) in [5.74, 6) is -0.476. The third-order valence-corrected chi connectivity index (χ3v) is 4.95. The first-order valence-corrected chi connectivity index (χ1v) is 10.1. The molecule has 0 aliphatic rings. The average Bonchev–Trinajstić information content (AvgIpc) is 3.17. The lowest BCUT2D eigenvalue weighted by molar-refractivity contribution is 0.0398. The van der Waals surface area contributed by atoms with Gasteiger partial charge < -0.3 is 13.9 Å². The Morgan fingerprint density at radius 1 is 1.12 bits per heavy atom. The molecule has 0 unspecified atom stereocenters. The lowest BCUT2D eigenvalue weighted by Crippen LogP contribution is -2.26. The number of ether oxygens (including phenoxy) is 2. The van der Waals surface area contributed by atoms with E-state index in [2.05, 4.69) is 4.98 Å². The van der Waals surface area contributed by atoms with Crippen molar-refractivity contribution in [1.82, 2.24) is 9.55 Å². The number of carbonyl (C=O) groups is 1. The standard InChI is InChI=1S/C24H21N3O5/c1-15(2)30-13-18-16-7-4-6-10-20(16)32-22(18)24(29)31-14-21-26-19-9-5-3-8-17(19)23(28)27(21)12-11-25/h3-10,15H,12-14H2,1-2H3. The Kier molecular flexibility index (Phi) is 6.01. The van der Waals surface area contributed by atoms with Gasteiger partial charge in [0.25, 0.3) is 5.56 Å². The Labute approximate surface area is 183 Å². The Morgan fingerprint density at radius 2 is 1.84 bits per heavy atom. The summed E-state index contributed by atoms with van der Waals surface area (Å²) in [6, 6.07) is 16.1. The molecule has 2 aromatic carbocycles. The molecule has 0 aliphatic heterocycles. The van der Waals surface area contributed by atoms with Gasteiger partial charge in [-0.1, -0.05) is 30.3 Å². The van der Waals surface area contributed by atoms with Crippen LogP contribution in [0.25, 0.3) is 21.9 Å². The number of benzene rings is 2. The fourth-order valence-corrected chi connectivity index (χ4v) is 3.41. The molecule has 0 saturated heterocycles. The number of aromatic nitrogens is 2. The molecular formula is C24H21N3O5. The second-order valence-corrected chi connectivity index (χ2v) is 7.44. The molecule has 32 heavy (non-hydrogen) atoms. The molecule has 0 spiro atoms. The number of esters is 1. The summed E-state index contributed by atoms with van der Waals surface area (Å²) in [5.41, 5.74) is 1.25. The number of furan rings is 1. The Morgan fingerprint density at radius 3 is 2.59 bits per heavy atom. The molecule has 8 nitrogen and oxygen atoms in total. The molecule has 0 aliphatic carbocycles. The Balaban J connectivity index is 1.66. The molecule has 0 amide bonds. The van der Waals surface area contributed by atoms with Crippen LogP contribution in [0.15, 0.2) is 57.7 Å². The van der Waals surface area contributed by atoms with E-state index >= 15 is 0 Å². The maximum absolute atomic E-state index is 12.9. The molecule has 2 aromatic heterocycles. The zero-order valence-corrected chi connectivity index (χ0v) is 17.7. The number of nitriles is 1. The fourth-order valence-electron chi connectivity index (χ4n) is 3.41. The zero-order chi connectivity index (χ0) is 22.7. The van der Waals surface area contributed by atoms with Crippen LogP contribution >= 0.6 is 0 Å². The van der Waals surface area contributed by atoms with E-state index < -0.39 is 5.97 Å². The fraction of sp³-hybridized carbons (Fsp3) is 0.250. The molecule has 4 rings (SSSR count). The Hall–Kier alpha value is -3.96. The van der Waals surface area contributed by atoms with Crippen molar-refractivity contribution in [3.05, 3.63) is 76.0 Å². The quantitative estimate of drug-likeness (QED) is 0.408. The van der Waals surface area contributed by atoms with E-state index in [1.165, 1.54) is 4.57 Å². The highest BCUT2D eigenvalue weighted by atomic mass is 16.5. The summed E-state index contributed by atoms with van der Waals surface area (Å²) in [7, 11) is 0. The maximum atomic E-state index is 12.9. The monoisotopic (exact) mass is 431 g/mol. The summed E-state index contributed by atoms with van der Waals surface area (Å²) < 4.78 is 18.1. The van der Waals surface area contributed by atoms with Crippen LogP contribution in [0.4, 0.5) is 0 Å². The topological polar surface area (TPSA) is 107 Å². The first-order chi connectivity index (χ1) is 15.5. The van der Waals surface area contributed by atoms with Crippen molar-refractivity contribution in [2.75, 3.05) is 0 Å².